The third-order valence-electron chi connectivity index (χ3n) is 6.53. The molecule has 4 aromatic rings. The van der Waals surface area contributed by atoms with Gasteiger partial charge in [-0.3, -0.25) is 13.9 Å². The zero-order valence-corrected chi connectivity index (χ0v) is 19.5. The van der Waals surface area contributed by atoms with Crippen molar-refractivity contribution in [1.82, 2.24) is 13.7 Å². The Labute approximate surface area is 191 Å². The van der Waals surface area contributed by atoms with Crippen LogP contribution in [0.2, 0.25) is 0 Å². The molecule has 0 fully saturated rings. The van der Waals surface area contributed by atoms with Crippen molar-refractivity contribution in [3.05, 3.63) is 86.7 Å². The maximum Gasteiger partial charge on any atom is 0.331 e. The zero-order valence-electron chi connectivity index (χ0n) is 19.5. The summed E-state index contributed by atoms with van der Waals surface area (Å²) >= 11 is 0. The fourth-order valence-electron chi connectivity index (χ4n) is 4.99. The molecule has 0 unspecified atom stereocenters. The van der Waals surface area contributed by atoms with Crippen LogP contribution in [0.1, 0.15) is 31.2 Å². The first-order valence-corrected chi connectivity index (χ1v) is 10.9. The molecule has 7 heteroatoms. The Morgan fingerprint density at radius 3 is 2.33 bits per heavy atom. The van der Waals surface area contributed by atoms with Gasteiger partial charge in [-0.1, -0.05) is 48.5 Å². The molecule has 2 aromatic heterocycles. The number of nitrogens with zero attached hydrogens (tertiary/aromatic N) is 3. The van der Waals surface area contributed by atoms with Crippen molar-refractivity contribution in [3.63, 3.8) is 0 Å². The monoisotopic (exact) mass is 445 g/mol. The van der Waals surface area contributed by atoms with Gasteiger partial charge >= 0.3 is 5.69 Å². The zero-order chi connectivity index (χ0) is 23.5. The second-order valence-electron chi connectivity index (χ2n) is 9.11. The Kier molecular flexibility index (Phi) is 4.83. The third kappa shape index (κ3) is 2.99. The van der Waals surface area contributed by atoms with Gasteiger partial charge in [-0.15, -0.1) is 0 Å². The molecule has 0 spiro atoms. The van der Waals surface area contributed by atoms with Crippen LogP contribution in [0.3, 0.4) is 0 Å². The van der Waals surface area contributed by atoms with Gasteiger partial charge in [0.15, 0.2) is 0 Å². The van der Waals surface area contributed by atoms with E-state index in [-0.39, 0.29) is 11.2 Å². The van der Waals surface area contributed by atoms with Crippen molar-refractivity contribution >= 4 is 10.9 Å². The highest BCUT2D eigenvalue weighted by Gasteiger charge is 2.41. The molecule has 0 saturated heterocycles. The Morgan fingerprint density at radius 2 is 1.64 bits per heavy atom. The summed E-state index contributed by atoms with van der Waals surface area (Å²) in [4.78, 5) is 26.6. The van der Waals surface area contributed by atoms with Crippen LogP contribution in [0.15, 0.2) is 64.2 Å². The largest absolute Gasteiger partial charge is 0.496 e. The van der Waals surface area contributed by atoms with E-state index in [4.69, 9.17) is 9.47 Å². The maximum absolute atomic E-state index is 13.6. The van der Waals surface area contributed by atoms with E-state index in [9.17, 15) is 9.59 Å². The Morgan fingerprint density at radius 1 is 0.970 bits per heavy atom. The van der Waals surface area contributed by atoms with E-state index in [0.717, 1.165) is 22.5 Å². The lowest BCUT2D eigenvalue weighted by Gasteiger charge is -2.39. The van der Waals surface area contributed by atoms with Crippen LogP contribution < -0.4 is 16.0 Å². The highest BCUT2D eigenvalue weighted by Crippen LogP contribution is 2.46. The topological polar surface area (TPSA) is 67.4 Å². The second-order valence-corrected chi connectivity index (χ2v) is 9.11. The lowest BCUT2D eigenvalue weighted by Crippen LogP contribution is -2.40. The van der Waals surface area contributed by atoms with Crippen LogP contribution >= 0.6 is 0 Å². The van der Waals surface area contributed by atoms with E-state index in [2.05, 4.69) is 18.4 Å². The SMILES string of the molecule is COc1ccccc1[C@@H]1OCC(C)(C)n2c(-c3ccccc3)c3c(=O)n(C)c(=O)n(C)c3c21. The molecule has 3 heterocycles. The molecule has 0 radical (unpaired) electrons. The highest BCUT2D eigenvalue weighted by atomic mass is 16.5. The number of ether oxygens (including phenoxy) is 2. The number of para-hydroxylation sites is 1. The summed E-state index contributed by atoms with van der Waals surface area (Å²) in [6.07, 6.45) is -0.508. The van der Waals surface area contributed by atoms with Gasteiger partial charge in [0, 0.05) is 19.7 Å². The molecular weight excluding hydrogens is 418 g/mol. The fraction of sp³-hybridized carbons (Fsp3) is 0.308. The summed E-state index contributed by atoms with van der Waals surface area (Å²) in [5.41, 5.74) is 2.78. The second kappa shape index (κ2) is 7.49. The van der Waals surface area contributed by atoms with E-state index in [0.29, 0.717) is 23.3 Å². The summed E-state index contributed by atoms with van der Waals surface area (Å²) in [6, 6.07) is 17.6. The molecule has 0 amide bonds. The van der Waals surface area contributed by atoms with Crippen molar-refractivity contribution in [2.75, 3.05) is 13.7 Å². The van der Waals surface area contributed by atoms with Crippen LogP contribution in [-0.2, 0) is 24.4 Å². The minimum Gasteiger partial charge on any atom is -0.496 e. The van der Waals surface area contributed by atoms with Crippen LogP contribution in [-0.4, -0.2) is 27.4 Å². The molecule has 1 aliphatic heterocycles. The molecule has 2 aromatic carbocycles. The fourth-order valence-corrected chi connectivity index (χ4v) is 4.99. The molecule has 0 bridgehead atoms. The molecule has 170 valence electrons. The quantitative estimate of drug-likeness (QED) is 0.484. The minimum absolute atomic E-state index is 0.316. The van der Waals surface area contributed by atoms with Gasteiger partial charge in [-0.25, -0.2) is 4.79 Å². The molecule has 0 aliphatic carbocycles. The first-order valence-electron chi connectivity index (χ1n) is 10.9. The maximum atomic E-state index is 13.6. The molecule has 0 saturated carbocycles. The molecule has 1 aliphatic rings. The Balaban J connectivity index is 2.02. The first-order chi connectivity index (χ1) is 15.8. The summed E-state index contributed by atoms with van der Waals surface area (Å²) in [5.74, 6) is 0.693. The number of fused-ring (bicyclic) bond motifs is 3. The van der Waals surface area contributed by atoms with Gasteiger partial charge in [0.1, 0.15) is 11.9 Å². The molecule has 1 atom stereocenters. The van der Waals surface area contributed by atoms with E-state index < -0.39 is 11.6 Å². The summed E-state index contributed by atoms with van der Waals surface area (Å²) in [7, 11) is 4.86. The number of benzene rings is 2. The van der Waals surface area contributed by atoms with Gasteiger partial charge in [0.05, 0.1) is 41.5 Å². The van der Waals surface area contributed by atoms with Crippen LogP contribution in [0, 0.1) is 0 Å². The smallest absolute Gasteiger partial charge is 0.331 e. The Bertz CT molecular complexity index is 1490. The Hall–Kier alpha value is -3.58. The van der Waals surface area contributed by atoms with Crippen molar-refractivity contribution in [2.24, 2.45) is 14.1 Å². The number of aryl methyl sites for hydroxylation is 1. The lowest BCUT2D eigenvalue weighted by atomic mass is 9.97. The van der Waals surface area contributed by atoms with Gasteiger partial charge in [-0.2, -0.15) is 0 Å². The number of methoxy groups -OCH3 is 1. The molecule has 33 heavy (non-hydrogen) atoms. The number of hydrogen-bond donors (Lipinski definition) is 0. The van der Waals surface area contributed by atoms with E-state index >= 15 is 0 Å². The predicted molar refractivity (Wildman–Crippen MR) is 128 cm³/mol. The van der Waals surface area contributed by atoms with Crippen LogP contribution in [0.25, 0.3) is 22.2 Å². The third-order valence-corrected chi connectivity index (χ3v) is 6.53. The molecule has 5 rings (SSSR count). The average molecular weight is 446 g/mol. The van der Waals surface area contributed by atoms with Gasteiger partial charge in [0.2, 0.25) is 0 Å². The van der Waals surface area contributed by atoms with Crippen LogP contribution in [0.5, 0.6) is 5.75 Å². The number of rotatable bonds is 3. The van der Waals surface area contributed by atoms with Crippen molar-refractivity contribution < 1.29 is 9.47 Å². The van der Waals surface area contributed by atoms with E-state index in [1.807, 2.05) is 54.6 Å². The predicted octanol–water partition coefficient (Wildman–Crippen LogP) is 3.57. The highest BCUT2D eigenvalue weighted by molar-refractivity contribution is 5.96. The van der Waals surface area contributed by atoms with E-state index in [1.165, 1.54) is 11.6 Å². The van der Waals surface area contributed by atoms with Crippen molar-refractivity contribution in [1.29, 1.82) is 0 Å². The minimum atomic E-state index is -0.508. The standard InChI is InChI=1S/C26H27N3O4/c1-26(2)15-33-23(17-13-9-10-14-18(17)32-5)22-21-19(24(30)28(4)25(31)27(21)3)20(29(22)26)16-11-7-6-8-12-16/h6-14,23H,15H2,1-5H3/t23-/m0/s1. The van der Waals surface area contributed by atoms with Crippen molar-refractivity contribution in [2.45, 2.75) is 25.5 Å². The lowest BCUT2D eigenvalue weighted by molar-refractivity contribution is -0.00799. The first kappa shape index (κ1) is 21.3. The van der Waals surface area contributed by atoms with Gasteiger partial charge < -0.3 is 14.0 Å². The average Bonchev–Trinajstić information content (AvgIpc) is 3.20. The number of aromatic nitrogens is 3. The normalized spacial score (nSPS) is 17.2. The number of hydrogen-bond acceptors (Lipinski definition) is 4. The molecule has 0 N–H and O–H groups in total. The summed E-state index contributed by atoms with van der Waals surface area (Å²) in [6.45, 7) is 4.60. The van der Waals surface area contributed by atoms with Crippen LogP contribution in [0.4, 0.5) is 0 Å². The van der Waals surface area contributed by atoms with Crippen molar-refractivity contribution in [3.8, 4) is 17.0 Å². The molecule has 7 nitrogen and oxygen atoms in total. The van der Waals surface area contributed by atoms with Gasteiger partial charge in [-0.05, 0) is 25.5 Å². The summed E-state index contributed by atoms with van der Waals surface area (Å²) < 4.78 is 17.0. The molecular formula is C26H27N3O4. The van der Waals surface area contributed by atoms with E-state index in [1.54, 1.807) is 18.7 Å². The van der Waals surface area contributed by atoms with Gasteiger partial charge in [0.25, 0.3) is 5.56 Å². The summed E-state index contributed by atoms with van der Waals surface area (Å²) in [5, 5.41) is 0.513.